The van der Waals surface area contributed by atoms with Crippen LogP contribution in [0.3, 0.4) is 0 Å². The SMILES string of the molecule is CCC(O)C(C)c1cc(C)cc(Br)c1. The lowest BCUT2D eigenvalue weighted by atomic mass is 9.93. The first-order chi connectivity index (χ1) is 6.54. The van der Waals surface area contributed by atoms with Gasteiger partial charge in [0, 0.05) is 10.4 Å². The Bertz CT molecular complexity index is 289. The standard InChI is InChI=1S/C12H17BrO/c1-4-12(14)9(3)10-5-8(2)6-11(13)7-10/h5-7,9,12,14H,4H2,1-3H3. The van der Waals surface area contributed by atoms with E-state index in [1.807, 2.05) is 6.92 Å². The number of halogens is 1. The van der Waals surface area contributed by atoms with E-state index in [1.165, 1.54) is 11.1 Å². The third kappa shape index (κ3) is 2.82. The van der Waals surface area contributed by atoms with E-state index in [2.05, 4.69) is 48.0 Å². The Hall–Kier alpha value is -0.340. The highest BCUT2D eigenvalue weighted by molar-refractivity contribution is 9.10. The maximum atomic E-state index is 9.75. The maximum absolute atomic E-state index is 9.75. The minimum absolute atomic E-state index is 0.205. The second kappa shape index (κ2) is 4.94. The van der Waals surface area contributed by atoms with Crippen LogP contribution in [0.1, 0.15) is 37.3 Å². The van der Waals surface area contributed by atoms with Gasteiger partial charge in [0.1, 0.15) is 0 Å². The molecule has 1 aromatic carbocycles. The number of aliphatic hydroxyl groups is 1. The molecule has 0 aliphatic heterocycles. The van der Waals surface area contributed by atoms with E-state index < -0.39 is 0 Å². The van der Waals surface area contributed by atoms with Gasteiger partial charge < -0.3 is 5.11 Å². The Morgan fingerprint density at radius 1 is 1.36 bits per heavy atom. The van der Waals surface area contributed by atoms with Crippen LogP contribution in [0.2, 0.25) is 0 Å². The van der Waals surface area contributed by atoms with Crippen molar-refractivity contribution in [2.75, 3.05) is 0 Å². The van der Waals surface area contributed by atoms with Crippen molar-refractivity contribution in [3.63, 3.8) is 0 Å². The second-order valence-corrected chi connectivity index (χ2v) is 4.74. The van der Waals surface area contributed by atoms with Crippen molar-refractivity contribution in [3.05, 3.63) is 33.8 Å². The molecule has 1 nitrogen and oxygen atoms in total. The van der Waals surface area contributed by atoms with Crippen molar-refractivity contribution in [2.24, 2.45) is 0 Å². The molecule has 14 heavy (non-hydrogen) atoms. The van der Waals surface area contributed by atoms with Crippen molar-refractivity contribution in [1.29, 1.82) is 0 Å². The van der Waals surface area contributed by atoms with E-state index in [0.29, 0.717) is 0 Å². The quantitative estimate of drug-likeness (QED) is 0.876. The molecule has 1 aromatic rings. The molecule has 78 valence electrons. The zero-order valence-electron chi connectivity index (χ0n) is 8.92. The van der Waals surface area contributed by atoms with Crippen LogP contribution in [0.15, 0.2) is 22.7 Å². The molecule has 0 radical (unpaired) electrons. The van der Waals surface area contributed by atoms with E-state index in [1.54, 1.807) is 0 Å². The van der Waals surface area contributed by atoms with E-state index in [4.69, 9.17) is 0 Å². The molecule has 1 N–H and O–H groups in total. The molecule has 0 spiro atoms. The van der Waals surface area contributed by atoms with Crippen LogP contribution in [-0.2, 0) is 0 Å². The van der Waals surface area contributed by atoms with Crippen molar-refractivity contribution in [1.82, 2.24) is 0 Å². The Kier molecular flexibility index (Phi) is 4.14. The summed E-state index contributed by atoms with van der Waals surface area (Å²) in [6.45, 7) is 6.14. The van der Waals surface area contributed by atoms with Gasteiger partial charge in [-0.2, -0.15) is 0 Å². The summed E-state index contributed by atoms with van der Waals surface area (Å²) in [6.07, 6.45) is 0.552. The average molecular weight is 257 g/mol. The number of benzene rings is 1. The first-order valence-corrected chi connectivity index (χ1v) is 5.79. The van der Waals surface area contributed by atoms with Crippen LogP contribution in [-0.4, -0.2) is 11.2 Å². The number of rotatable bonds is 3. The molecular weight excluding hydrogens is 240 g/mol. The molecule has 1 rings (SSSR count). The van der Waals surface area contributed by atoms with Crippen LogP contribution in [0.4, 0.5) is 0 Å². The summed E-state index contributed by atoms with van der Waals surface area (Å²) in [5.41, 5.74) is 2.43. The maximum Gasteiger partial charge on any atom is 0.0603 e. The van der Waals surface area contributed by atoms with Gasteiger partial charge in [-0.1, -0.05) is 35.8 Å². The van der Waals surface area contributed by atoms with Crippen molar-refractivity contribution >= 4 is 15.9 Å². The summed E-state index contributed by atoms with van der Waals surface area (Å²) in [5.74, 6) is 0.205. The number of hydrogen-bond acceptors (Lipinski definition) is 1. The van der Waals surface area contributed by atoms with E-state index in [-0.39, 0.29) is 12.0 Å². The zero-order chi connectivity index (χ0) is 10.7. The van der Waals surface area contributed by atoms with Crippen molar-refractivity contribution < 1.29 is 5.11 Å². The Morgan fingerprint density at radius 3 is 2.50 bits per heavy atom. The largest absolute Gasteiger partial charge is 0.393 e. The molecule has 0 saturated carbocycles. The van der Waals surface area contributed by atoms with Gasteiger partial charge in [0.15, 0.2) is 0 Å². The summed E-state index contributed by atoms with van der Waals surface area (Å²) < 4.78 is 1.09. The first kappa shape index (κ1) is 11.7. The predicted molar refractivity (Wildman–Crippen MR) is 63.6 cm³/mol. The summed E-state index contributed by atoms with van der Waals surface area (Å²) in [5, 5.41) is 9.75. The number of hydrogen-bond donors (Lipinski definition) is 1. The average Bonchev–Trinajstić information content (AvgIpc) is 2.14. The fourth-order valence-electron chi connectivity index (χ4n) is 1.60. The number of aryl methyl sites for hydroxylation is 1. The molecule has 0 amide bonds. The topological polar surface area (TPSA) is 20.2 Å². The Labute approximate surface area is 94.3 Å². The van der Waals surface area contributed by atoms with Crippen molar-refractivity contribution in [3.8, 4) is 0 Å². The minimum atomic E-state index is -0.247. The normalized spacial score (nSPS) is 15.2. The summed E-state index contributed by atoms with van der Waals surface area (Å²) in [6, 6.07) is 6.29. The molecule has 0 aliphatic carbocycles. The van der Waals surface area contributed by atoms with Crippen LogP contribution >= 0.6 is 15.9 Å². The van der Waals surface area contributed by atoms with Gasteiger partial charge in [0.05, 0.1) is 6.10 Å². The van der Waals surface area contributed by atoms with Crippen LogP contribution in [0.5, 0.6) is 0 Å². The van der Waals surface area contributed by atoms with E-state index in [9.17, 15) is 5.11 Å². The van der Waals surface area contributed by atoms with Gasteiger partial charge in [-0.05, 0) is 36.6 Å². The van der Waals surface area contributed by atoms with E-state index in [0.717, 1.165) is 10.9 Å². The second-order valence-electron chi connectivity index (χ2n) is 3.83. The lowest BCUT2D eigenvalue weighted by Gasteiger charge is -2.18. The summed E-state index contributed by atoms with van der Waals surface area (Å²) in [4.78, 5) is 0. The molecule has 0 saturated heterocycles. The molecule has 0 aliphatic rings. The molecule has 0 aromatic heterocycles. The molecule has 0 fully saturated rings. The van der Waals surface area contributed by atoms with Crippen LogP contribution < -0.4 is 0 Å². The van der Waals surface area contributed by atoms with Gasteiger partial charge in [0.2, 0.25) is 0 Å². The highest BCUT2D eigenvalue weighted by Gasteiger charge is 2.14. The van der Waals surface area contributed by atoms with Gasteiger partial charge in [-0.25, -0.2) is 0 Å². The first-order valence-electron chi connectivity index (χ1n) is 4.99. The summed E-state index contributed by atoms with van der Waals surface area (Å²) in [7, 11) is 0. The molecule has 0 heterocycles. The zero-order valence-corrected chi connectivity index (χ0v) is 10.5. The minimum Gasteiger partial charge on any atom is -0.393 e. The molecule has 2 atom stereocenters. The Balaban J connectivity index is 2.94. The molecule has 2 unspecified atom stereocenters. The van der Waals surface area contributed by atoms with Gasteiger partial charge in [-0.3, -0.25) is 0 Å². The highest BCUT2D eigenvalue weighted by atomic mass is 79.9. The molecule has 0 bridgehead atoms. The fraction of sp³-hybridized carbons (Fsp3) is 0.500. The van der Waals surface area contributed by atoms with Crippen LogP contribution in [0, 0.1) is 6.92 Å². The van der Waals surface area contributed by atoms with Crippen molar-refractivity contribution in [2.45, 2.75) is 39.2 Å². The lowest BCUT2D eigenvalue weighted by molar-refractivity contribution is 0.145. The Morgan fingerprint density at radius 2 is 2.00 bits per heavy atom. The van der Waals surface area contributed by atoms with Gasteiger partial charge in [-0.15, -0.1) is 0 Å². The lowest BCUT2D eigenvalue weighted by Crippen LogP contribution is -2.14. The van der Waals surface area contributed by atoms with E-state index >= 15 is 0 Å². The highest BCUT2D eigenvalue weighted by Crippen LogP contribution is 2.25. The summed E-state index contributed by atoms with van der Waals surface area (Å²) >= 11 is 3.47. The third-order valence-electron chi connectivity index (χ3n) is 2.59. The fourth-order valence-corrected chi connectivity index (χ4v) is 2.23. The third-order valence-corrected chi connectivity index (χ3v) is 3.04. The van der Waals surface area contributed by atoms with Gasteiger partial charge >= 0.3 is 0 Å². The van der Waals surface area contributed by atoms with Gasteiger partial charge in [0.25, 0.3) is 0 Å². The van der Waals surface area contributed by atoms with Crippen LogP contribution in [0.25, 0.3) is 0 Å². The number of aliphatic hydroxyl groups excluding tert-OH is 1. The molecule has 2 heteroatoms. The smallest absolute Gasteiger partial charge is 0.0603 e. The predicted octanol–water partition coefficient (Wildman–Crippen LogP) is 3.63. The molecular formula is C12H17BrO. The monoisotopic (exact) mass is 256 g/mol.